The van der Waals surface area contributed by atoms with E-state index in [1.165, 1.54) is 6.08 Å². The number of allylic oxidation sites excluding steroid dienone is 1. The molecule has 0 unspecified atom stereocenters. The van der Waals surface area contributed by atoms with Crippen LogP contribution in [0.2, 0.25) is 0 Å². The van der Waals surface area contributed by atoms with Gasteiger partial charge in [-0.3, -0.25) is 0 Å². The van der Waals surface area contributed by atoms with E-state index in [0.717, 1.165) is 42.6 Å². The predicted octanol–water partition coefficient (Wildman–Crippen LogP) is 4.40. The third-order valence-electron chi connectivity index (χ3n) is 6.44. The van der Waals surface area contributed by atoms with E-state index in [4.69, 9.17) is 18.9 Å². The summed E-state index contributed by atoms with van der Waals surface area (Å²) < 4.78 is 22.4. The molecule has 1 aromatic rings. The number of hydrogen-bond donors (Lipinski definition) is 0. The Labute approximate surface area is 188 Å². The van der Waals surface area contributed by atoms with E-state index < -0.39 is 5.97 Å². The molecule has 170 valence electrons. The van der Waals surface area contributed by atoms with Crippen LogP contribution in [0, 0.1) is 5.92 Å². The average Bonchev–Trinajstić information content (AvgIpc) is 3.37. The van der Waals surface area contributed by atoms with Crippen molar-refractivity contribution in [2.24, 2.45) is 5.92 Å². The van der Waals surface area contributed by atoms with Gasteiger partial charge < -0.3 is 18.9 Å². The lowest BCUT2D eigenvalue weighted by atomic mass is 9.84. The van der Waals surface area contributed by atoms with Gasteiger partial charge in [0.15, 0.2) is 0 Å². The number of rotatable bonds is 6. The molecule has 0 amide bonds. The van der Waals surface area contributed by atoms with Crippen molar-refractivity contribution in [2.45, 2.75) is 57.3 Å². The summed E-state index contributed by atoms with van der Waals surface area (Å²) in [4.78, 5) is 24.3. The van der Waals surface area contributed by atoms with Gasteiger partial charge in [-0.1, -0.05) is 24.8 Å². The number of benzene rings is 1. The zero-order chi connectivity index (χ0) is 22.7. The zero-order valence-corrected chi connectivity index (χ0v) is 18.7. The van der Waals surface area contributed by atoms with Crippen LogP contribution >= 0.6 is 0 Å². The molecule has 0 spiro atoms. The fourth-order valence-corrected chi connectivity index (χ4v) is 4.47. The first-order chi connectivity index (χ1) is 15.4. The maximum atomic E-state index is 12.2. The molecule has 0 bridgehead atoms. The number of epoxide rings is 1. The van der Waals surface area contributed by atoms with Gasteiger partial charge in [0.05, 0.1) is 12.2 Å². The monoisotopic (exact) mass is 438 g/mol. The molecule has 2 saturated heterocycles. The second kappa shape index (κ2) is 9.33. The Hall–Kier alpha value is -2.86. The minimum atomic E-state index is -0.393. The Kier molecular flexibility index (Phi) is 6.51. The molecule has 4 rings (SSSR count). The first-order valence-corrected chi connectivity index (χ1v) is 11.2. The SMILES string of the molecule is C=C1C(=O)O[C@H]2[C@H]1CC/C(COC(=O)/C=C/c1ccc(OCC)cc1)=C\CC[C@@]1(C)O[C@@H]21. The van der Waals surface area contributed by atoms with Gasteiger partial charge >= 0.3 is 11.9 Å². The average molecular weight is 439 g/mol. The van der Waals surface area contributed by atoms with Gasteiger partial charge in [-0.2, -0.15) is 0 Å². The van der Waals surface area contributed by atoms with Crippen molar-refractivity contribution in [2.75, 3.05) is 13.2 Å². The van der Waals surface area contributed by atoms with Crippen LogP contribution in [0.15, 0.2) is 54.1 Å². The van der Waals surface area contributed by atoms with E-state index in [-0.39, 0.29) is 36.3 Å². The smallest absolute Gasteiger partial charge is 0.334 e. The fourth-order valence-electron chi connectivity index (χ4n) is 4.47. The number of esters is 2. The van der Waals surface area contributed by atoms with Crippen molar-refractivity contribution in [1.82, 2.24) is 0 Å². The van der Waals surface area contributed by atoms with Gasteiger partial charge in [0, 0.05) is 17.6 Å². The van der Waals surface area contributed by atoms with Crippen molar-refractivity contribution in [1.29, 1.82) is 0 Å². The normalized spacial score (nSPS) is 31.2. The van der Waals surface area contributed by atoms with Gasteiger partial charge in [0.2, 0.25) is 0 Å². The Morgan fingerprint density at radius 3 is 2.84 bits per heavy atom. The summed E-state index contributed by atoms with van der Waals surface area (Å²) in [6.07, 6.45) is 8.06. The van der Waals surface area contributed by atoms with Crippen LogP contribution in [0.25, 0.3) is 6.08 Å². The first kappa shape index (κ1) is 22.3. The molecule has 2 fully saturated rings. The van der Waals surface area contributed by atoms with Crippen LogP contribution in [0.5, 0.6) is 5.75 Å². The van der Waals surface area contributed by atoms with E-state index in [1.807, 2.05) is 31.2 Å². The molecule has 0 N–H and O–H groups in total. The number of fused-ring (bicyclic) bond motifs is 3. The van der Waals surface area contributed by atoms with Crippen molar-refractivity contribution in [3.63, 3.8) is 0 Å². The Balaban J connectivity index is 1.34. The molecule has 0 aromatic heterocycles. The van der Waals surface area contributed by atoms with Crippen LogP contribution in [0.1, 0.15) is 45.1 Å². The first-order valence-electron chi connectivity index (χ1n) is 11.2. The van der Waals surface area contributed by atoms with Crippen molar-refractivity contribution in [3.8, 4) is 5.75 Å². The highest BCUT2D eigenvalue weighted by atomic mass is 16.6. The molecule has 1 aromatic carbocycles. The molecule has 1 aliphatic carbocycles. The Bertz CT molecular complexity index is 944. The molecule has 2 aliphatic heterocycles. The highest BCUT2D eigenvalue weighted by Gasteiger charge is 2.61. The molecule has 6 heteroatoms. The molecule has 6 nitrogen and oxygen atoms in total. The summed E-state index contributed by atoms with van der Waals surface area (Å²) in [6.45, 7) is 8.78. The van der Waals surface area contributed by atoms with Crippen molar-refractivity contribution < 1.29 is 28.5 Å². The molecule has 2 heterocycles. The predicted molar refractivity (Wildman–Crippen MR) is 120 cm³/mol. The fraction of sp³-hybridized carbons (Fsp3) is 0.462. The highest BCUT2D eigenvalue weighted by molar-refractivity contribution is 5.91. The van der Waals surface area contributed by atoms with E-state index in [1.54, 1.807) is 6.08 Å². The number of carbonyl (C=O) groups excluding carboxylic acids is 2. The van der Waals surface area contributed by atoms with Crippen LogP contribution in [0.4, 0.5) is 0 Å². The Morgan fingerprint density at radius 1 is 1.31 bits per heavy atom. The standard InChI is InChI=1S/C26H30O6/c1-4-29-20-11-7-18(8-12-20)10-14-22(27)30-16-19-6-5-15-26(3)24(32-26)23-21(13-9-19)17(2)25(28)31-23/h6-8,10-12,14,21,23-24H,2,4-5,9,13,15-16H2,1,3H3/b14-10+,19-6+/t21-,23-,24-,26+/m0/s1. The van der Waals surface area contributed by atoms with Gasteiger partial charge in [0.1, 0.15) is 24.6 Å². The quantitative estimate of drug-likeness (QED) is 0.284. The number of hydrogen-bond acceptors (Lipinski definition) is 6. The molecule has 32 heavy (non-hydrogen) atoms. The second-order valence-electron chi connectivity index (χ2n) is 8.74. The van der Waals surface area contributed by atoms with E-state index >= 15 is 0 Å². The highest BCUT2D eigenvalue weighted by Crippen LogP contribution is 2.49. The van der Waals surface area contributed by atoms with E-state index in [0.29, 0.717) is 12.2 Å². The lowest BCUT2D eigenvalue weighted by Crippen LogP contribution is -2.29. The largest absolute Gasteiger partial charge is 0.494 e. The lowest BCUT2D eigenvalue weighted by molar-refractivity contribution is -0.140. The van der Waals surface area contributed by atoms with Crippen LogP contribution in [-0.2, 0) is 23.8 Å². The molecule has 0 radical (unpaired) electrons. The number of carbonyl (C=O) groups is 2. The third-order valence-corrected chi connectivity index (χ3v) is 6.44. The van der Waals surface area contributed by atoms with E-state index in [2.05, 4.69) is 19.6 Å². The molecular weight excluding hydrogens is 408 g/mol. The van der Waals surface area contributed by atoms with Crippen molar-refractivity contribution >= 4 is 18.0 Å². The van der Waals surface area contributed by atoms with Crippen LogP contribution in [-0.4, -0.2) is 43.0 Å². The second-order valence-corrected chi connectivity index (χ2v) is 8.74. The van der Waals surface area contributed by atoms with Gasteiger partial charge in [-0.15, -0.1) is 0 Å². The molecule has 0 saturated carbocycles. The van der Waals surface area contributed by atoms with Crippen molar-refractivity contribution in [3.05, 3.63) is 59.7 Å². The van der Waals surface area contributed by atoms with Crippen LogP contribution in [0.3, 0.4) is 0 Å². The van der Waals surface area contributed by atoms with E-state index in [9.17, 15) is 9.59 Å². The zero-order valence-electron chi connectivity index (χ0n) is 18.7. The molecule has 4 atom stereocenters. The van der Waals surface area contributed by atoms with Gasteiger partial charge in [0.25, 0.3) is 0 Å². The van der Waals surface area contributed by atoms with Gasteiger partial charge in [-0.25, -0.2) is 9.59 Å². The topological polar surface area (TPSA) is 74.4 Å². The minimum Gasteiger partial charge on any atom is -0.494 e. The minimum absolute atomic E-state index is 0.0591. The van der Waals surface area contributed by atoms with Crippen LogP contribution < -0.4 is 4.74 Å². The maximum Gasteiger partial charge on any atom is 0.334 e. The summed E-state index contributed by atoms with van der Waals surface area (Å²) in [5.41, 5.74) is 2.18. The number of ether oxygens (including phenoxy) is 4. The summed E-state index contributed by atoms with van der Waals surface area (Å²) in [5.74, 6) is 0.0156. The van der Waals surface area contributed by atoms with Gasteiger partial charge in [-0.05, 0) is 68.9 Å². The molecular formula is C26H30O6. The lowest BCUT2D eigenvalue weighted by Gasteiger charge is -2.20. The summed E-state index contributed by atoms with van der Waals surface area (Å²) in [7, 11) is 0. The summed E-state index contributed by atoms with van der Waals surface area (Å²) in [6, 6.07) is 7.51. The summed E-state index contributed by atoms with van der Waals surface area (Å²) >= 11 is 0. The Morgan fingerprint density at radius 2 is 2.09 bits per heavy atom. The molecule has 3 aliphatic rings. The summed E-state index contributed by atoms with van der Waals surface area (Å²) in [5, 5.41) is 0. The third kappa shape index (κ3) is 4.96. The maximum absolute atomic E-state index is 12.2.